The van der Waals surface area contributed by atoms with Crippen LogP contribution in [0.2, 0.25) is 0 Å². The Morgan fingerprint density at radius 1 is 1.50 bits per heavy atom. The number of ether oxygens (including phenoxy) is 1. The second kappa shape index (κ2) is 5.08. The first kappa shape index (κ1) is 11.7. The van der Waals surface area contributed by atoms with Crippen LogP contribution < -0.4 is 5.32 Å². The molecule has 18 heavy (non-hydrogen) atoms. The Morgan fingerprint density at radius 2 is 2.44 bits per heavy atom. The van der Waals surface area contributed by atoms with Crippen molar-refractivity contribution in [2.45, 2.75) is 18.9 Å². The molecule has 2 aromatic rings. The number of likely N-dealkylation sites (N-methyl/N-ethyl adjacent to an activating group) is 1. The highest BCUT2D eigenvalue weighted by molar-refractivity contribution is 7.17. The largest absolute Gasteiger partial charge is 0.501 e. The van der Waals surface area contributed by atoms with Crippen molar-refractivity contribution in [1.29, 1.82) is 0 Å². The molecule has 0 aromatic carbocycles. The van der Waals surface area contributed by atoms with Crippen molar-refractivity contribution in [3.8, 4) is 0 Å². The molecule has 0 radical (unpaired) electrons. The molecule has 0 spiro atoms. The Labute approximate surface area is 110 Å². The SMILES string of the molecule is CNC(C1=COCCC1)c1cnc2ccsc2c1. The lowest BCUT2D eigenvalue weighted by molar-refractivity contribution is 0.220. The summed E-state index contributed by atoms with van der Waals surface area (Å²) in [5, 5.41) is 5.44. The highest BCUT2D eigenvalue weighted by atomic mass is 32.1. The van der Waals surface area contributed by atoms with Crippen LogP contribution in [0.15, 0.2) is 35.5 Å². The minimum absolute atomic E-state index is 0.212. The van der Waals surface area contributed by atoms with Gasteiger partial charge < -0.3 is 10.1 Å². The van der Waals surface area contributed by atoms with Gasteiger partial charge in [-0.05, 0) is 48.5 Å². The molecule has 1 unspecified atom stereocenters. The maximum atomic E-state index is 5.44. The summed E-state index contributed by atoms with van der Waals surface area (Å²) in [5.74, 6) is 0. The molecule has 1 atom stereocenters. The molecule has 0 saturated carbocycles. The van der Waals surface area contributed by atoms with E-state index < -0.39 is 0 Å². The zero-order chi connectivity index (χ0) is 12.4. The second-order valence-electron chi connectivity index (χ2n) is 4.46. The van der Waals surface area contributed by atoms with Gasteiger partial charge in [-0.25, -0.2) is 0 Å². The van der Waals surface area contributed by atoms with Crippen LogP contribution in [0.3, 0.4) is 0 Å². The Bertz CT molecular complexity index is 576. The van der Waals surface area contributed by atoms with Crippen LogP contribution in [0.25, 0.3) is 10.2 Å². The number of rotatable bonds is 3. The predicted molar refractivity (Wildman–Crippen MR) is 74.7 cm³/mol. The molecule has 4 heteroatoms. The highest BCUT2D eigenvalue weighted by Gasteiger charge is 2.18. The number of fused-ring (bicyclic) bond motifs is 1. The number of nitrogens with one attached hydrogen (secondary N) is 1. The molecule has 0 bridgehead atoms. The van der Waals surface area contributed by atoms with E-state index in [1.54, 1.807) is 11.3 Å². The molecular weight excluding hydrogens is 244 g/mol. The van der Waals surface area contributed by atoms with E-state index in [1.165, 1.54) is 15.8 Å². The molecule has 1 aliphatic rings. The van der Waals surface area contributed by atoms with Crippen LogP contribution in [-0.4, -0.2) is 18.6 Å². The van der Waals surface area contributed by atoms with Crippen molar-refractivity contribution < 1.29 is 4.74 Å². The van der Waals surface area contributed by atoms with Crippen molar-refractivity contribution in [3.63, 3.8) is 0 Å². The van der Waals surface area contributed by atoms with E-state index in [1.807, 2.05) is 19.5 Å². The normalized spacial score (nSPS) is 17.3. The van der Waals surface area contributed by atoms with E-state index >= 15 is 0 Å². The van der Waals surface area contributed by atoms with Crippen LogP contribution in [0.5, 0.6) is 0 Å². The predicted octanol–water partition coefficient (Wildman–Crippen LogP) is 3.25. The molecule has 3 rings (SSSR count). The van der Waals surface area contributed by atoms with E-state index in [9.17, 15) is 0 Å². The third-order valence-corrected chi connectivity index (χ3v) is 4.13. The first-order valence-corrected chi connectivity index (χ1v) is 7.07. The van der Waals surface area contributed by atoms with Gasteiger partial charge in [0.05, 0.1) is 29.1 Å². The number of hydrogen-bond donors (Lipinski definition) is 1. The smallest absolute Gasteiger partial charge is 0.0876 e. The van der Waals surface area contributed by atoms with Gasteiger partial charge in [-0.3, -0.25) is 4.98 Å². The number of hydrogen-bond acceptors (Lipinski definition) is 4. The van der Waals surface area contributed by atoms with Gasteiger partial charge >= 0.3 is 0 Å². The van der Waals surface area contributed by atoms with Gasteiger partial charge in [0.15, 0.2) is 0 Å². The van der Waals surface area contributed by atoms with E-state index in [0.717, 1.165) is 25.0 Å². The summed E-state index contributed by atoms with van der Waals surface area (Å²) in [7, 11) is 1.98. The Kier molecular flexibility index (Phi) is 3.30. The molecule has 1 aliphatic heterocycles. The van der Waals surface area contributed by atoms with Gasteiger partial charge in [-0.2, -0.15) is 0 Å². The maximum absolute atomic E-state index is 5.44. The van der Waals surface area contributed by atoms with Crippen molar-refractivity contribution in [2.24, 2.45) is 0 Å². The fourth-order valence-corrected chi connectivity index (χ4v) is 3.17. The van der Waals surface area contributed by atoms with Crippen LogP contribution in [0.4, 0.5) is 0 Å². The van der Waals surface area contributed by atoms with Crippen molar-refractivity contribution in [3.05, 3.63) is 41.1 Å². The van der Waals surface area contributed by atoms with Crippen molar-refractivity contribution >= 4 is 21.6 Å². The number of thiophene rings is 1. The third kappa shape index (κ3) is 2.13. The van der Waals surface area contributed by atoms with E-state index in [2.05, 4.69) is 27.8 Å². The van der Waals surface area contributed by atoms with Crippen molar-refractivity contribution in [2.75, 3.05) is 13.7 Å². The molecular formula is C14H16N2OS. The van der Waals surface area contributed by atoms with Crippen LogP contribution in [-0.2, 0) is 4.74 Å². The molecule has 1 N–H and O–H groups in total. The second-order valence-corrected chi connectivity index (χ2v) is 5.41. The number of pyridine rings is 1. The maximum Gasteiger partial charge on any atom is 0.0876 e. The lowest BCUT2D eigenvalue weighted by Crippen LogP contribution is -2.20. The van der Waals surface area contributed by atoms with E-state index in [0.29, 0.717) is 0 Å². The van der Waals surface area contributed by atoms with Gasteiger partial charge in [-0.15, -0.1) is 11.3 Å². The molecule has 0 saturated heterocycles. The van der Waals surface area contributed by atoms with Gasteiger partial charge in [0.1, 0.15) is 0 Å². The van der Waals surface area contributed by atoms with Gasteiger partial charge in [0.2, 0.25) is 0 Å². The summed E-state index contributed by atoms with van der Waals surface area (Å²) in [4.78, 5) is 4.51. The molecule has 0 amide bonds. The van der Waals surface area contributed by atoms with Crippen molar-refractivity contribution in [1.82, 2.24) is 10.3 Å². The summed E-state index contributed by atoms with van der Waals surface area (Å²) in [6.07, 6.45) is 6.06. The Hall–Kier alpha value is -1.39. The topological polar surface area (TPSA) is 34.1 Å². The molecule has 94 valence electrons. The zero-order valence-electron chi connectivity index (χ0n) is 10.3. The standard InChI is InChI=1S/C14H16N2OS/c1-15-14(10-3-2-5-17-9-10)11-7-13-12(16-8-11)4-6-18-13/h4,6-9,14-15H,2-3,5H2,1H3. The minimum Gasteiger partial charge on any atom is -0.501 e. The minimum atomic E-state index is 0.212. The Morgan fingerprint density at radius 3 is 3.22 bits per heavy atom. The monoisotopic (exact) mass is 260 g/mol. The lowest BCUT2D eigenvalue weighted by atomic mass is 9.96. The van der Waals surface area contributed by atoms with Crippen LogP contribution in [0, 0.1) is 0 Å². The fraction of sp³-hybridized carbons (Fsp3) is 0.357. The molecule has 0 aliphatic carbocycles. The van der Waals surface area contributed by atoms with Gasteiger partial charge in [0.25, 0.3) is 0 Å². The summed E-state index contributed by atoms with van der Waals surface area (Å²) in [6.45, 7) is 0.835. The fourth-order valence-electron chi connectivity index (χ4n) is 2.38. The van der Waals surface area contributed by atoms with E-state index in [-0.39, 0.29) is 6.04 Å². The first-order chi connectivity index (χ1) is 8.88. The van der Waals surface area contributed by atoms with Crippen LogP contribution in [0.1, 0.15) is 24.4 Å². The first-order valence-electron chi connectivity index (χ1n) is 6.19. The van der Waals surface area contributed by atoms with Crippen LogP contribution >= 0.6 is 11.3 Å². The zero-order valence-corrected chi connectivity index (χ0v) is 11.2. The summed E-state index contributed by atoms with van der Waals surface area (Å²) in [5.41, 5.74) is 3.60. The average Bonchev–Trinajstić information content (AvgIpc) is 2.88. The quantitative estimate of drug-likeness (QED) is 0.920. The average molecular weight is 260 g/mol. The summed E-state index contributed by atoms with van der Waals surface area (Å²) < 4.78 is 6.68. The van der Waals surface area contributed by atoms with Gasteiger partial charge in [-0.1, -0.05) is 0 Å². The lowest BCUT2D eigenvalue weighted by Gasteiger charge is -2.23. The molecule has 3 nitrogen and oxygen atoms in total. The molecule has 2 aromatic heterocycles. The Balaban J connectivity index is 1.96. The number of nitrogens with zero attached hydrogens (tertiary/aromatic N) is 1. The molecule has 3 heterocycles. The summed E-state index contributed by atoms with van der Waals surface area (Å²) in [6, 6.07) is 4.49. The highest BCUT2D eigenvalue weighted by Crippen LogP contribution is 2.29. The molecule has 0 fully saturated rings. The third-order valence-electron chi connectivity index (χ3n) is 3.28. The number of aromatic nitrogens is 1. The van der Waals surface area contributed by atoms with E-state index in [4.69, 9.17) is 4.74 Å². The van der Waals surface area contributed by atoms with Gasteiger partial charge in [0, 0.05) is 6.20 Å². The summed E-state index contributed by atoms with van der Waals surface area (Å²) >= 11 is 1.74.